The first-order valence-corrected chi connectivity index (χ1v) is 8.05. The Morgan fingerprint density at radius 1 is 1.27 bits per heavy atom. The van der Waals surface area contributed by atoms with Crippen molar-refractivity contribution in [3.63, 3.8) is 0 Å². The van der Waals surface area contributed by atoms with Crippen LogP contribution in [-0.4, -0.2) is 9.38 Å². The van der Waals surface area contributed by atoms with Crippen LogP contribution in [0.4, 0.5) is 0 Å². The number of pyridine rings is 1. The number of unbranched alkanes of at least 4 members (excludes halogenated alkanes) is 2. The fraction of sp³-hybridized carbons (Fsp3) is 0.333. The highest BCUT2D eigenvalue weighted by atomic mass is 35.5. The molecule has 0 unspecified atom stereocenters. The van der Waals surface area contributed by atoms with Crippen LogP contribution in [0.15, 0.2) is 24.3 Å². The van der Waals surface area contributed by atoms with Crippen LogP contribution in [0, 0.1) is 18.3 Å². The van der Waals surface area contributed by atoms with Gasteiger partial charge in [0.1, 0.15) is 11.2 Å². The number of aromatic nitrogens is 2. The van der Waals surface area contributed by atoms with E-state index in [1.54, 1.807) is 0 Å². The van der Waals surface area contributed by atoms with Crippen LogP contribution in [0.1, 0.15) is 42.9 Å². The molecular weight excluding hydrogens is 294 g/mol. The third-order valence-corrected chi connectivity index (χ3v) is 4.60. The third kappa shape index (κ3) is 2.24. The van der Waals surface area contributed by atoms with E-state index in [1.807, 2.05) is 35.6 Å². The van der Waals surface area contributed by atoms with Crippen LogP contribution in [0.5, 0.6) is 0 Å². The molecule has 3 rings (SSSR count). The molecule has 0 spiro atoms. The number of fused-ring (bicyclic) bond motifs is 3. The summed E-state index contributed by atoms with van der Waals surface area (Å²) in [5, 5.41) is 10.3. The van der Waals surface area contributed by atoms with E-state index in [9.17, 15) is 5.26 Å². The van der Waals surface area contributed by atoms with Gasteiger partial charge in [-0.2, -0.15) is 5.26 Å². The van der Waals surface area contributed by atoms with Crippen molar-refractivity contribution in [2.24, 2.45) is 0 Å². The predicted molar refractivity (Wildman–Crippen MR) is 90.4 cm³/mol. The monoisotopic (exact) mass is 311 g/mol. The van der Waals surface area contributed by atoms with Crippen molar-refractivity contribution in [3.8, 4) is 6.07 Å². The van der Waals surface area contributed by atoms with Gasteiger partial charge in [0.2, 0.25) is 0 Å². The van der Waals surface area contributed by atoms with Crippen molar-refractivity contribution in [1.82, 2.24) is 9.38 Å². The van der Waals surface area contributed by atoms with Gasteiger partial charge in [-0.25, -0.2) is 4.98 Å². The molecule has 0 amide bonds. The molecule has 0 aliphatic rings. The first-order chi connectivity index (χ1) is 10.7. The number of imidazole rings is 1. The lowest BCUT2D eigenvalue weighted by Crippen LogP contribution is -2.02. The van der Waals surface area contributed by atoms with E-state index < -0.39 is 0 Å². The molecule has 1 aromatic carbocycles. The lowest BCUT2D eigenvalue weighted by Gasteiger charge is -2.13. The van der Waals surface area contributed by atoms with Crippen molar-refractivity contribution >= 4 is 28.3 Å². The van der Waals surface area contributed by atoms with Crippen LogP contribution >= 0.6 is 11.6 Å². The van der Waals surface area contributed by atoms with Crippen molar-refractivity contribution in [1.29, 1.82) is 5.26 Å². The average molecular weight is 312 g/mol. The van der Waals surface area contributed by atoms with Crippen LogP contribution in [0.2, 0.25) is 5.15 Å². The zero-order chi connectivity index (χ0) is 15.7. The summed E-state index contributed by atoms with van der Waals surface area (Å²) in [6.07, 6.45) is 4.31. The van der Waals surface area contributed by atoms with Crippen molar-refractivity contribution in [2.75, 3.05) is 0 Å². The van der Waals surface area contributed by atoms with Gasteiger partial charge >= 0.3 is 0 Å². The van der Waals surface area contributed by atoms with Gasteiger partial charge in [0.05, 0.1) is 16.6 Å². The maximum Gasteiger partial charge on any atom is 0.157 e. The van der Waals surface area contributed by atoms with Crippen LogP contribution in [0.25, 0.3) is 16.7 Å². The second-order valence-electron chi connectivity index (χ2n) is 5.60. The second-order valence-corrected chi connectivity index (χ2v) is 5.96. The molecule has 0 saturated heterocycles. The van der Waals surface area contributed by atoms with Gasteiger partial charge in [0.25, 0.3) is 0 Å². The summed E-state index contributed by atoms with van der Waals surface area (Å²) in [7, 11) is 0. The highest BCUT2D eigenvalue weighted by Gasteiger charge is 2.19. The highest BCUT2D eigenvalue weighted by Crippen LogP contribution is 2.31. The van der Waals surface area contributed by atoms with E-state index >= 15 is 0 Å². The summed E-state index contributed by atoms with van der Waals surface area (Å²) in [5.41, 5.74) is 5.15. The molecule has 0 N–H and O–H groups in total. The summed E-state index contributed by atoms with van der Waals surface area (Å²) >= 11 is 6.69. The van der Waals surface area contributed by atoms with E-state index in [-0.39, 0.29) is 0 Å². The van der Waals surface area contributed by atoms with E-state index in [1.165, 1.54) is 6.42 Å². The van der Waals surface area contributed by atoms with Crippen molar-refractivity contribution in [3.05, 3.63) is 46.1 Å². The Labute approximate surface area is 135 Å². The molecule has 3 nitrogen and oxygen atoms in total. The molecule has 22 heavy (non-hydrogen) atoms. The number of para-hydroxylation sites is 2. The van der Waals surface area contributed by atoms with Gasteiger partial charge in [-0.1, -0.05) is 43.5 Å². The van der Waals surface area contributed by atoms with Gasteiger partial charge in [0, 0.05) is 0 Å². The number of benzene rings is 1. The summed E-state index contributed by atoms with van der Waals surface area (Å²) in [4.78, 5) is 4.60. The lowest BCUT2D eigenvalue weighted by atomic mass is 10.0. The minimum absolute atomic E-state index is 0.632. The second kappa shape index (κ2) is 5.98. The normalized spacial score (nSPS) is 11.2. The number of halogens is 1. The SMILES string of the molecule is CCCCCc1c(C)c(C#N)c2nc3ccccc3n2c1Cl. The molecule has 0 radical (unpaired) electrons. The Morgan fingerprint density at radius 3 is 2.77 bits per heavy atom. The molecule has 2 heterocycles. The summed E-state index contributed by atoms with van der Waals surface area (Å²) < 4.78 is 1.92. The first kappa shape index (κ1) is 14.9. The van der Waals surface area contributed by atoms with E-state index in [0.717, 1.165) is 41.4 Å². The molecule has 0 bridgehead atoms. The molecule has 0 atom stereocenters. The molecule has 0 aliphatic heterocycles. The minimum Gasteiger partial charge on any atom is -0.281 e. The lowest BCUT2D eigenvalue weighted by molar-refractivity contribution is 0.713. The Hall–Kier alpha value is -2.05. The number of rotatable bonds is 4. The molecule has 112 valence electrons. The van der Waals surface area contributed by atoms with Crippen LogP contribution < -0.4 is 0 Å². The zero-order valence-electron chi connectivity index (χ0n) is 12.9. The minimum atomic E-state index is 0.632. The summed E-state index contributed by atoms with van der Waals surface area (Å²) in [5.74, 6) is 0. The third-order valence-electron chi connectivity index (χ3n) is 4.20. The Morgan fingerprint density at radius 2 is 2.05 bits per heavy atom. The fourth-order valence-electron chi connectivity index (χ4n) is 2.98. The van der Waals surface area contributed by atoms with Crippen molar-refractivity contribution < 1.29 is 0 Å². The highest BCUT2D eigenvalue weighted by molar-refractivity contribution is 6.31. The Balaban J connectivity index is 2.32. The molecular formula is C18H18ClN3. The molecule has 0 saturated carbocycles. The molecule has 0 fully saturated rings. The molecule has 0 aliphatic carbocycles. The molecule has 4 heteroatoms. The summed E-state index contributed by atoms with van der Waals surface area (Å²) in [6, 6.07) is 10.2. The number of hydrogen-bond donors (Lipinski definition) is 0. The van der Waals surface area contributed by atoms with Gasteiger partial charge < -0.3 is 0 Å². The predicted octanol–water partition coefficient (Wildman–Crippen LogP) is 5.05. The van der Waals surface area contributed by atoms with Gasteiger partial charge in [-0.15, -0.1) is 0 Å². The van der Waals surface area contributed by atoms with Crippen molar-refractivity contribution in [2.45, 2.75) is 39.5 Å². The average Bonchev–Trinajstić information content (AvgIpc) is 2.90. The standard InChI is InChI=1S/C18H18ClN3/c1-3-4-5-8-13-12(2)14(11-20)18-21-15-9-6-7-10-16(15)22(18)17(13)19/h6-7,9-10H,3-5,8H2,1-2H3. The van der Waals surface area contributed by atoms with E-state index in [0.29, 0.717) is 16.4 Å². The van der Waals surface area contributed by atoms with Crippen LogP contribution in [0.3, 0.4) is 0 Å². The fourth-order valence-corrected chi connectivity index (χ4v) is 3.38. The molecule has 2 aromatic heterocycles. The number of nitrogens with zero attached hydrogens (tertiary/aromatic N) is 3. The van der Waals surface area contributed by atoms with E-state index in [4.69, 9.17) is 11.6 Å². The molecule has 3 aromatic rings. The Kier molecular flexibility index (Phi) is 4.04. The van der Waals surface area contributed by atoms with Gasteiger partial charge in [0.15, 0.2) is 5.65 Å². The first-order valence-electron chi connectivity index (χ1n) is 7.67. The largest absolute Gasteiger partial charge is 0.281 e. The summed E-state index contributed by atoms with van der Waals surface area (Å²) in [6.45, 7) is 4.16. The Bertz CT molecular complexity index is 887. The maximum absolute atomic E-state index is 9.58. The smallest absolute Gasteiger partial charge is 0.157 e. The number of hydrogen-bond acceptors (Lipinski definition) is 2. The van der Waals surface area contributed by atoms with Gasteiger partial charge in [-0.3, -0.25) is 4.40 Å². The number of nitriles is 1. The maximum atomic E-state index is 9.58. The zero-order valence-corrected chi connectivity index (χ0v) is 13.6. The van der Waals surface area contributed by atoms with E-state index in [2.05, 4.69) is 18.0 Å². The quantitative estimate of drug-likeness (QED) is 0.499. The van der Waals surface area contributed by atoms with Gasteiger partial charge in [-0.05, 0) is 43.0 Å². The topological polar surface area (TPSA) is 41.1 Å². The van der Waals surface area contributed by atoms with Crippen LogP contribution in [-0.2, 0) is 6.42 Å².